The Labute approximate surface area is 229 Å². The van der Waals surface area contributed by atoms with Gasteiger partial charge in [-0.05, 0) is 78.3 Å². The summed E-state index contributed by atoms with van der Waals surface area (Å²) in [5, 5.41) is 11.9. The fourth-order valence-corrected chi connectivity index (χ4v) is 4.75. The Hall–Kier alpha value is -5.26. The Bertz CT molecular complexity index is 1780. The predicted octanol–water partition coefficient (Wildman–Crippen LogP) is 8.10. The molecule has 39 heavy (non-hydrogen) atoms. The van der Waals surface area contributed by atoms with Crippen molar-refractivity contribution in [1.82, 2.24) is 4.57 Å². The molecule has 1 aliphatic heterocycles. The van der Waals surface area contributed by atoms with Crippen molar-refractivity contribution in [3.63, 3.8) is 0 Å². The minimum Gasteiger partial charge on any atom is -0.457 e. The second kappa shape index (κ2) is 11.0. The molecule has 0 N–H and O–H groups in total. The number of para-hydroxylation sites is 1. The molecule has 0 atom stereocenters. The maximum Gasteiger partial charge on any atom is 0.269 e. The van der Waals surface area contributed by atoms with Gasteiger partial charge in [-0.2, -0.15) is 0 Å². The average Bonchev–Trinajstić information content (AvgIpc) is 3.29. The summed E-state index contributed by atoms with van der Waals surface area (Å²) >= 11 is 0. The summed E-state index contributed by atoms with van der Waals surface area (Å²) in [7, 11) is 4.01. The molecule has 2 heterocycles. The number of benzene rings is 3. The number of hydrogen-bond donors (Lipinski definition) is 0. The summed E-state index contributed by atoms with van der Waals surface area (Å²) in [5.41, 5.74) is 6.17. The highest BCUT2D eigenvalue weighted by Crippen LogP contribution is 2.31. The van der Waals surface area contributed by atoms with Gasteiger partial charge in [-0.25, -0.2) is 10.1 Å². The molecule has 1 aliphatic rings. The van der Waals surface area contributed by atoms with Crippen LogP contribution in [0.4, 0.5) is 5.69 Å². The standard InChI is InChI=1S/C34H28N4O/c1-5-38-33-9-7-6-8-30(33)31-20-25(14-19-34(31)38)13-18-29-22-26(32(23-35)36-2)21-28(39-29)17-12-24-10-15-27(16-11-24)37(3)4/h6-22H,5H2,1,3-4H3/b17-12+,18-13+,32-26+. The smallest absolute Gasteiger partial charge is 0.269 e. The van der Waals surface area contributed by atoms with Crippen LogP contribution >= 0.6 is 0 Å². The number of aryl methyl sites for hydroxylation is 1. The third kappa shape index (κ3) is 5.25. The Morgan fingerprint density at radius 1 is 0.897 bits per heavy atom. The first-order chi connectivity index (χ1) is 19.0. The van der Waals surface area contributed by atoms with E-state index in [1.807, 2.05) is 61.5 Å². The van der Waals surface area contributed by atoms with Gasteiger partial charge in [0.15, 0.2) is 0 Å². The molecule has 5 rings (SSSR count). The summed E-state index contributed by atoms with van der Waals surface area (Å²) < 4.78 is 8.46. The zero-order valence-corrected chi connectivity index (χ0v) is 22.2. The molecule has 0 saturated heterocycles. The van der Waals surface area contributed by atoms with Crippen LogP contribution in [0.25, 0.3) is 38.8 Å². The minimum absolute atomic E-state index is 0.0271. The van der Waals surface area contributed by atoms with Crippen molar-refractivity contribution >= 4 is 39.6 Å². The lowest BCUT2D eigenvalue weighted by atomic mass is 10.1. The Morgan fingerprint density at radius 3 is 2.18 bits per heavy atom. The molecule has 0 bridgehead atoms. The number of nitriles is 1. The number of rotatable bonds is 6. The maximum atomic E-state index is 9.48. The first-order valence-electron chi connectivity index (χ1n) is 12.8. The second-order valence-electron chi connectivity index (χ2n) is 9.41. The van der Waals surface area contributed by atoms with Crippen LogP contribution in [0.1, 0.15) is 18.1 Å². The molecule has 5 nitrogen and oxygen atoms in total. The predicted molar refractivity (Wildman–Crippen MR) is 160 cm³/mol. The van der Waals surface area contributed by atoms with Crippen molar-refractivity contribution in [2.24, 2.45) is 0 Å². The van der Waals surface area contributed by atoms with Crippen molar-refractivity contribution in [3.05, 3.63) is 136 Å². The van der Waals surface area contributed by atoms with E-state index in [0.29, 0.717) is 17.1 Å². The van der Waals surface area contributed by atoms with Gasteiger partial charge in [0, 0.05) is 48.1 Å². The quantitative estimate of drug-likeness (QED) is 0.195. The van der Waals surface area contributed by atoms with E-state index in [4.69, 9.17) is 11.3 Å². The first-order valence-corrected chi connectivity index (χ1v) is 12.8. The SMILES string of the molecule is [C-]#[N+]/C(C#N)=C1C=C(/C=C/c2ccc(N(C)C)cc2)OC(/C=C/c2ccc3c(c2)c2ccccc2n3CC)=C\1. The van der Waals surface area contributed by atoms with Crippen LogP contribution in [-0.2, 0) is 11.3 Å². The van der Waals surface area contributed by atoms with Crippen molar-refractivity contribution in [2.45, 2.75) is 13.5 Å². The van der Waals surface area contributed by atoms with Gasteiger partial charge in [0.2, 0.25) is 0 Å². The number of nitrogens with zero attached hydrogens (tertiary/aromatic N) is 4. The van der Waals surface area contributed by atoms with E-state index >= 15 is 0 Å². The zero-order valence-electron chi connectivity index (χ0n) is 22.2. The number of aromatic nitrogens is 1. The van der Waals surface area contributed by atoms with Crippen LogP contribution in [0.3, 0.4) is 0 Å². The Kier molecular flexibility index (Phi) is 7.17. The van der Waals surface area contributed by atoms with Crippen LogP contribution in [0, 0.1) is 17.9 Å². The first kappa shape index (κ1) is 25.4. The van der Waals surface area contributed by atoms with E-state index in [9.17, 15) is 5.26 Å². The number of allylic oxidation sites excluding steroid dienone is 6. The average molecular weight is 509 g/mol. The molecule has 3 aromatic carbocycles. The largest absolute Gasteiger partial charge is 0.457 e. The molecule has 0 fully saturated rings. The molecule has 4 aromatic rings. The van der Waals surface area contributed by atoms with E-state index in [1.165, 1.54) is 21.8 Å². The Morgan fingerprint density at radius 2 is 1.54 bits per heavy atom. The topological polar surface area (TPSA) is 45.6 Å². The molecule has 190 valence electrons. The van der Waals surface area contributed by atoms with Gasteiger partial charge in [-0.3, -0.25) is 0 Å². The lowest BCUT2D eigenvalue weighted by Crippen LogP contribution is -2.07. The van der Waals surface area contributed by atoms with Gasteiger partial charge in [-0.15, -0.1) is 0 Å². The third-order valence-electron chi connectivity index (χ3n) is 6.72. The van der Waals surface area contributed by atoms with Gasteiger partial charge in [0.25, 0.3) is 5.70 Å². The molecule has 5 heteroatoms. The monoisotopic (exact) mass is 508 g/mol. The number of hydrogen-bond acceptors (Lipinski definition) is 3. The van der Waals surface area contributed by atoms with Crippen LogP contribution in [0.15, 0.2) is 114 Å². The molecule has 0 spiro atoms. The van der Waals surface area contributed by atoms with E-state index in [-0.39, 0.29) is 5.70 Å². The summed E-state index contributed by atoms with van der Waals surface area (Å²) in [5.74, 6) is 1.12. The third-order valence-corrected chi connectivity index (χ3v) is 6.72. The van der Waals surface area contributed by atoms with E-state index in [2.05, 4.69) is 70.9 Å². The molecule has 0 unspecified atom stereocenters. The van der Waals surface area contributed by atoms with Gasteiger partial charge in [0.1, 0.15) is 11.5 Å². The van der Waals surface area contributed by atoms with Crippen LogP contribution in [-0.4, -0.2) is 18.7 Å². The summed E-state index contributed by atoms with van der Waals surface area (Å²) in [6.07, 6.45) is 11.2. The lowest BCUT2D eigenvalue weighted by Gasteiger charge is -2.14. The minimum atomic E-state index is 0.0271. The van der Waals surface area contributed by atoms with Crippen molar-refractivity contribution in [2.75, 3.05) is 19.0 Å². The number of fused-ring (bicyclic) bond motifs is 3. The highest BCUT2D eigenvalue weighted by atomic mass is 16.5. The highest BCUT2D eigenvalue weighted by Gasteiger charge is 2.13. The number of ether oxygens (including phenoxy) is 1. The van der Waals surface area contributed by atoms with Gasteiger partial charge in [0.05, 0.1) is 12.6 Å². The van der Waals surface area contributed by atoms with E-state index in [0.717, 1.165) is 23.4 Å². The molecular weight excluding hydrogens is 480 g/mol. The Balaban J connectivity index is 1.45. The normalized spacial score (nSPS) is 14.7. The summed E-state index contributed by atoms with van der Waals surface area (Å²) in [6.45, 7) is 10.5. The highest BCUT2D eigenvalue weighted by molar-refractivity contribution is 6.08. The molecule has 0 amide bonds. The maximum absolute atomic E-state index is 9.48. The van der Waals surface area contributed by atoms with Gasteiger partial charge >= 0.3 is 0 Å². The lowest BCUT2D eigenvalue weighted by molar-refractivity contribution is 0.332. The molecular formula is C34H28N4O. The van der Waals surface area contributed by atoms with Crippen molar-refractivity contribution < 1.29 is 4.74 Å². The van der Waals surface area contributed by atoms with E-state index < -0.39 is 0 Å². The fraction of sp³-hybridized carbons (Fsp3) is 0.118. The molecule has 0 aliphatic carbocycles. The van der Waals surface area contributed by atoms with Crippen LogP contribution in [0.5, 0.6) is 0 Å². The fourth-order valence-electron chi connectivity index (χ4n) is 4.75. The summed E-state index contributed by atoms with van der Waals surface area (Å²) in [6, 6.07) is 25.1. The molecule has 0 radical (unpaired) electrons. The molecule has 0 saturated carbocycles. The van der Waals surface area contributed by atoms with Gasteiger partial charge < -0.3 is 14.2 Å². The summed E-state index contributed by atoms with van der Waals surface area (Å²) in [4.78, 5) is 5.45. The van der Waals surface area contributed by atoms with Crippen molar-refractivity contribution in [1.29, 1.82) is 5.26 Å². The van der Waals surface area contributed by atoms with Crippen molar-refractivity contribution in [3.8, 4) is 6.07 Å². The van der Waals surface area contributed by atoms with Gasteiger partial charge in [-0.1, -0.05) is 48.6 Å². The number of anilines is 1. The zero-order chi connectivity index (χ0) is 27.4. The second-order valence-corrected chi connectivity index (χ2v) is 9.41. The van der Waals surface area contributed by atoms with E-state index in [1.54, 1.807) is 12.2 Å². The van der Waals surface area contributed by atoms with Crippen LogP contribution < -0.4 is 4.90 Å². The molecule has 1 aromatic heterocycles. The van der Waals surface area contributed by atoms with Crippen LogP contribution in [0.2, 0.25) is 0 Å².